The summed E-state index contributed by atoms with van der Waals surface area (Å²) in [6.07, 6.45) is 3.81. The maximum atomic E-state index is 12.7. The highest BCUT2D eigenvalue weighted by Crippen LogP contribution is 2.21. The van der Waals surface area contributed by atoms with Gasteiger partial charge in [0, 0.05) is 5.69 Å². The van der Waals surface area contributed by atoms with E-state index in [4.69, 9.17) is 0 Å². The van der Waals surface area contributed by atoms with Gasteiger partial charge in [-0.3, -0.25) is 9.69 Å². The number of carbonyl (C=O) groups excluding carboxylic acids is 2. The highest BCUT2D eigenvalue weighted by molar-refractivity contribution is 6.04. The lowest BCUT2D eigenvalue weighted by molar-refractivity contribution is -0.128. The van der Waals surface area contributed by atoms with E-state index >= 15 is 0 Å². The molecule has 0 spiro atoms. The minimum atomic E-state index is -0.394. The van der Waals surface area contributed by atoms with Crippen molar-refractivity contribution in [3.05, 3.63) is 47.3 Å². The molecule has 1 atom stereocenters. The Bertz CT molecular complexity index is 812. The minimum Gasteiger partial charge on any atom is -0.326 e. The molecule has 1 fully saturated rings. The van der Waals surface area contributed by atoms with Crippen LogP contribution in [-0.2, 0) is 11.3 Å². The molecule has 2 aromatic rings. The van der Waals surface area contributed by atoms with Crippen molar-refractivity contribution < 1.29 is 9.59 Å². The number of aromatic nitrogens is 2. The quantitative estimate of drug-likeness (QED) is 0.611. The predicted octanol–water partition coefficient (Wildman–Crippen LogP) is 3.49. The van der Waals surface area contributed by atoms with Gasteiger partial charge in [0.2, 0.25) is 0 Å². The Kier molecular flexibility index (Phi) is 5.40. The Balaban J connectivity index is 1.80. The maximum absolute atomic E-state index is 12.7. The number of para-hydroxylation sites is 1. The second-order valence-corrected chi connectivity index (χ2v) is 6.89. The third-order valence-corrected chi connectivity index (χ3v) is 4.76. The fraction of sp³-hybridized carbons (Fsp3) is 0.450. The van der Waals surface area contributed by atoms with E-state index in [2.05, 4.69) is 17.3 Å². The first-order chi connectivity index (χ1) is 12.5. The zero-order valence-electron chi connectivity index (χ0n) is 15.7. The summed E-state index contributed by atoms with van der Waals surface area (Å²) in [5.41, 5.74) is 3.75. The van der Waals surface area contributed by atoms with E-state index in [1.807, 2.05) is 48.9 Å². The summed E-state index contributed by atoms with van der Waals surface area (Å²) < 4.78 is 1.86. The van der Waals surface area contributed by atoms with Gasteiger partial charge in [-0.1, -0.05) is 44.4 Å². The Morgan fingerprint density at radius 2 is 1.92 bits per heavy atom. The van der Waals surface area contributed by atoms with Gasteiger partial charge in [-0.25, -0.2) is 9.48 Å². The summed E-state index contributed by atoms with van der Waals surface area (Å²) in [6, 6.07) is 9.07. The lowest BCUT2D eigenvalue weighted by Crippen LogP contribution is -2.31. The number of nitrogens with one attached hydrogen (secondary N) is 1. The molecule has 26 heavy (non-hydrogen) atoms. The fourth-order valence-corrected chi connectivity index (χ4v) is 3.42. The molecule has 1 unspecified atom stereocenters. The van der Waals surface area contributed by atoms with Crippen molar-refractivity contribution in [2.24, 2.45) is 0 Å². The molecular weight excluding hydrogens is 328 g/mol. The molecule has 1 aromatic heterocycles. The largest absolute Gasteiger partial charge is 0.326 e. The van der Waals surface area contributed by atoms with E-state index < -0.39 is 6.04 Å². The number of benzene rings is 1. The lowest BCUT2D eigenvalue weighted by Gasteiger charge is -2.17. The summed E-state index contributed by atoms with van der Waals surface area (Å²) in [4.78, 5) is 26.3. The molecule has 6 heteroatoms. The highest BCUT2D eigenvalue weighted by Gasteiger charge is 2.37. The first-order valence-corrected chi connectivity index (χ1v) is 9.24. The van der Waals surface area contributed by atoms with Gasteiger partial charge in [0.1, 0.15) is 6.04 Å². The Labute approximate surface area is 154 Å². The molecule has 3 amide bonds. The van der Waals surface area contributed by atoms with Crippen LogP contribution in [0.4, 0.5) is 4.79 Å². The molecular formula is C20H26N4O2. The van der Waals surface area contributed by atoms with Crippen molar-refractivity contribution in [3.63, 3.8) is 0 Å². The number of unbranched alkanes of at least 4 members (excludes halogenated alkanes) is 2. The Morgan fingerprint density at radius 1 is 1.15 bits per heavy atom. The van der Waals surface area contributed by atoms with Crippen LogP contribution < -0.4 is 5.32 Å². The van der Waals surface area contributed by atoms with Gasteiger partial charge in [0.15, 0.2) is 0 Å². The van der Waals surface area contributed by atoms with Crippen molar-refractivity contribution in [3.8, 4) is 5.69 Å². The zero-order valence-corrected chi connectivity index (χ0v) is 15.7. The van der Waals surface area contributed by atoms with Crippen LogP contribution in [0.5, 0.6) is 0 Å². The second kappa shape index (κ2) is 7.72. The summed E-state index contributed by atoms with van der Waals surface area (Å²) in [5.74, 6) is -0.130. The molecule has 1 aromatic carbocycles. The molecule has 1 aliphatic rings. The maximum Gasteiger partial charge on any atom is 0.325 e. The summed E-state index contributed by atoms with van der Waals surface area (Å²) in [5, 5.41) is 7.35. The molecule has 0 saturated carbocycles. The van der Waals surface area contributed by atoms with Gasteiger partial charge in [0.25, 0.3) is 5.91 Å². The molecule has 138 valence electrons. The molecule has 1 saturated heterocycles. The van der Waals surface area contributed by atoms with Gasteiger partial charge in [-0.05, 0) is 38.0 Å². The fourth-order valence-electron chi connectivity index (χ4n) is 3.42. The van der Waals surface area contributed by atoms with Gasteiger partial charge < -0.3 is 5.32 Å². The first-order valence-electron chi connectivity index (χ1n) is 9.24. The number of rotatable bonds is 7. The third-order valence-electron chi connectivity index (χ3n) is 4.76. The van der Waals surface area contributed by atoms with Crippen LogP contribution in [0, 0.1) is 13.8 Å². The average molecular weight is 354 g/mol. The van der Waals surface area contributed by atoms with E-state index in [-0.39, 0.29) is 18.5 Å². The van der Waals surface area contributed by atoms with Crippen LogP contribution in [0.25, 0.3) is 5.69 Å². The van der Waals surface area contributed by atoms with Crippen molar-refractivity contribution in [1.82, 2.24) is 20.0 Å². The number of nitrogens with zero attached hydrogens (tertiary/aromatic N) is 3. The number of hydrogen-bond donors (Lipinski definition) is 1. The number of urea groups is 1. The summed E-state index contributed by atoms with van der Waals surface area (Å²) in [6.45, 7) is 6.32. The van der Waals surface area contributed by atoms with Gasteiger partial charge in [-0.2, -0.15) is 5.10 Å². The molecule has 0 radical (unpaired) electrons. The van der Waals surface area contributed by atoms with Crippen molar-refractivity contribution in [2.75, 3.05) is 0 Å². The molecule has 2 heterocycles. The smallest absolute Gasteiger partial charge is 0.325 e. The van der Waals surface area contributed by atoms with Gasteiger partial charge in [0.05, 0.1) is 17.9 Å². The van der Waals surface area contributed by atoms with Gasteiger partial charge in [-0.15, -0.1) is 0 Å². The molecule has 0 bridgehead atoms. The van der Waals surface area contributed by atoms with Crippen LogP contribution in [0.1, 0.15) is 49.6 Å². The molecule has 1 aliphatic heterocycles. The minimum absolute atomic E-state index is 0.130. The van der Waals surface area contributed by atoms with Crippen LogP contribution >= 0.6 is 0 Å². The van der Waals surface area contributed by atoms with Crippen LogP contribution in [0.3, 0.4) is 0 Å². The van der Waals surface area contributed by atoms with Crippen molar-refractivity contribution in [2.45, 2.75) is 59.0 Å². The zero-order chi connectivity index (χ0) is 18.7. The third kappa shape index (κ3) is 3.64. The average Bonchev–Trinajstić information content (AvgIpc) is 3.08. The lowest BCUT2D eigenvalue weighted by atomic mass is 10.1. The van der Waals surface area contributed by atoms with E-state index in [9.17, 15) is 9.59 Å². The Morgan fingerprint density at radius 3 is 2.62 bits per heavy atom. The number of aryl methyl sites for hydroxylation is 2. The van der Waals surface area contributed by atoms with Crippen molar-refractivity contribution >= 4 is 11.9 Å². The van der Waals surface area contributed by atoms with Crippen LogP contribution in [0.15, 0.2) is 30.3 Å². The predicted molar refractivity (Wildman–Crippen MR) is 100 cm³/mol. The summed E-state index contributed by atoms with van der Waals surface area (Å²) >= 11 is 0. The standard InChI is InChI=1S/C20H26N4O2/c1-4-5-6-10-17-19(25)23(20(26)21-17)13-16-9-7-8-11-18(16)24-15(3)12-14(2)22-24/h7-9,11-12,17H,4-6,10,13H2,1-3H3,(H,21,26). The highest BCUT2D eigenvalue weighted by atomic mass is 16.2. The van der Waals surface area contributed by atoms with Crippen LogP contribution in [0.2, 0.25) is 0 Å². The van der Waals surface area contributed by atoms with Crippen molar-refractivity contribution in [1.29, 1.82) is 0 Å². The van der Waals surface area contributed by atoms with E-state index in [1.165, 1.54) is 4.90 Å². The molecule has 6 nitrogen and oxygen atoms in total. The van der Waals surface area contributed by atoms with E-state index in [1.54, 1.807) is 0 Å². The Hall–Kier alpha value is -2.63. The number of hydrogen-bond acceptors (Lipinski definition) is 3. The first kappa shape index (κ1) is 18.2. The number of imide groups is 1. The topological polar surface area (TPSA) is 67.2 Å². The van der Waals surface area contributed by atoms with Crippen LogP contribution in [-0.4, -0.2) is 32.7 Å². The van der Waals surface area contributed by atoms with E-state index in [0.717, 1.165) is 41.9 Å². The monoisotopic (exact) mass is 354 g/mol. The van der Waals surface area contributed by atoms with Gasteiger partial charge >= 0.3 is 6.03 Å². The normalized spacial score (nSPS) is 17.0. The second-order valence-electron chi connectivity index (χ2n) is 6.89. The molecule has 1 N–H and O–H groups in total. The summed E-state index contributed by atoms with van der Waals surface area (Å²) in [7, 11) is 0. The number of carbonyl (C=O) groups is 2. The number of amides is 3. The SMILES string of the molecule is CCCCCC1NC(=O)N(Cc2ccccc2-n2nc(C)cc2C)C1=O. The molecule has 0 aliphatic carbocycles. The van der Waals surface area contributed by atoms with E-state index in [0.29, 0.717) is 6.42 Å². The molecule has 3 rings (SSSR count).